The van der Waals surface area contributed by atoms with Crippen LogP contribution in [0.3, 0.4) is 0 Å². The number of amides is 2. The molecule has 1 aromatic carbocycles. The van der Waals surface area contributed by atoms with Crippen LogP contribution in [0.4, 0.5) is 5.69 Å². The van der Waals surface area contributed by atoms with Gasteiger partial charge in [-0.1, -0.05) is 25.5 Å². The Kier molecular flexibility index (Phi) is 4.55. The summed E-state index contributed by atoms with van der Waals surface area (Å²) >= 11 is 0. The summed E-state index contributed by atoms with van der Waals surface area (Å²) in [5.41, 5.74) is 3.14. The molecule has 1 heterocycles. The van der Waals surface area contributed by atoms with Gasteiger partial charge in [0.15, 0.2) is 0 Å². The van der Waals surface area contributed by atoms with E-state index in [0.29, 0.717) is 19.4 Å². The van der Waals surface area contributed by atoms with Crippen molar-refractivity contribution in [1.29, 1.82) is 0 Å². The fourth-order valence-corrected chi connectivity index (χ4v) is 2.17. The molecule has 0 unspecified atom stereocenters. The highest BCUT2D eigenvalue weighted by Gasteiger charge is 2.14. The van der Waals surface area contributed by atoms with Gasteiger partial charge in [0, 0.05) is 25.1 Å². The fourth-order valence-electron chi connectivity index (χ4n) is 2.17. The van der Waals surface area contributed by atoms with Crippen molar-refractivity contribution < 1.29 is 9.59 Å². The molecule has 0 saturated heterocycles. The van der Waals surface area contributed by atoms with Gasteiger partial charge < -0.3 is 10.6 Å². The molecule has 0 aromatic heterocycles. The zero-order valence-corrected chi connectivity index (χ0v) is 11.3. The highest BCUT2D eigenvalue weighted by molar-refractivity contribution is 5.93. The van der Waals surface area contributed by atoms with Gasteiger partial charge in [-0.25, -0.2) is 0 Å². The van der Waals surface area contributed by atoms with Crippen molar-refractivity contribution in [3.63, 3.8) is 0 Å². The average Bonchev–Trinajstić information content (AvgIpc) is 2.42. The molecule has 102 valence electrons. The minimum absolute atomic E-state index is 0.0770. The summed E-state index contributed by atoms with van der Waals surface area (Å²) in [6, 6.07) is 5.93. The first kappa shape index (κ1) is 13.6. The van der Waals surface area contributed by atoms with Gasteiger partial charge in [-0.2, -0.15) is 0 Å². The third-order valence-corrected chi connectivity index (χ3v) is 3.31. The molecule has 1 aliphatic heterocycles. The third-order valence-electron chi connectivity index (χ3n) is 3.31. The van der Waals surface area contributed by atoms with E-state index in [2.05, 4.69) is 23.6 Å². The second-order valence-electron chi connectivity index (χ2n) is 4.92. The van der Waals surface area contributed by atoms with Gasteiger partial charge in [0.2, 0.25) is 11.8 Å². The Bertz CT molecular complexity index is 483. The monoisotopic (exact) mass is 260 g/mol. The summed E-state index contributed by atoms with van der Waals surface area (Å²) in [7, 11) is 0. The molecule has 1 aliphatic rings. The number of hydrogen-bond donors (Lipinski definition) is 2. The average molecular weight is 260 g/mol. The molecule has 0 spiro atoms. The Morgan fingerprint density at radius 2 is 2.21 bits per heavy atom. The minimum Gasteiger partial charge on any atom is -0.352 e. The van der Waals surface area contributed by atoms with Crippen LogP contribution in [0.1, 0.15) is 43.7 Å². The van der Waals surface area contributed by atoms with E-state index >= 15 is 0 Å². The highest BCUT2D eigenvalue weighted by Crippen LogP contribution is 2.23. The van der Waals surface area contributed by atoms with Gasteiger partial charge >= 0.3 is 0 Å². The maximum atomic E-state index is 11.5. The normalized spacial score (nSPS) is 13.6. The van der Waals surface area contributed by atoms with E-state index in [-0.39, 0.29) is 11.8 Å². The van der Waals surface area contributed by atoms with Gasteiger partial charge in [-0.3, -0.25) is 9.59 Å². The van der Waals surface area contributed by atoms with E-state index in [1.807, 2.05) is 12.1 Å². The van der Waals surface area contributed by atoms with Gasteiger partial charge in [-0.05, 0) is 30.0 Å². The van der Waals surface area contributed by atoms with Crippen LogP contribution in [0.15, 0.2) is 18.2 Å². The molecule has 0 aliphatic carbocycles. The lowest BCUT2D eigenvalue weighted by Crippen LogP contribution is -2.23. The molecular weight excluding hydrogens is 240 g/mol. The van der Waals surface area contributed by atoms with Crippen molar-refractivity contribution in [3.8, 4) is 0 Å². The van der Waals surface area contributed by atoms with Crippen LogP contribution in [-0.4, -0.2) is 11.8 Å². The van der Waals surface area contributed by atoms with Crippen LogP contribution < -0.4 is 10.6 Å². The number of rotatable bonds is 5. The molecule has 19 heavy (non-hydrogen) atoms. The summed E-state index contributed by atoms with van der Waals surface area (Å²) in [5, 5.41) is 5.78. The molecule has 0 atom stereocenters. The first-order valence-electron chi connectivity index (χ1n) is 6.87. The second kappa shape index (κ2) is 6.36. The Labute approximate surface area is 113 Å². The number of unbranched alkanes of at least 4 members (excludes halogenated alkanes) is 1. The molecule has 0 saturated carbocycles. The lowest BCUT2D eigenvalue weighted by Gasteiger charge is -2.17. The topological polar surface area (TPSA) is 58.2 Å². The summed E-state index contributed by atoms with van der Waals surface area (Å²) in [5.74, 6) is 0.181. The van der Waals surface area contributed by atoms with Crippen molar-refractivity contribution in [3.05, 3.63) is 29.3 Å². The van der Waals surface area contributed by atoms with E-state index in [4.69, 9.17) is 0 Å². The Morgan fingerprint density at radius 1 is 1.37 bits per heavy atom. The maximum Gasteiger partial charge on any atom is 0.224 e. The standard InChI is InChI=1S/C15H20N2O2/c1-2-3-4-14(18)16-10-11-5-7-13-12(9-11)6-8-15(19)17-13/h5,7,9H,2-4,6,8,10H2,1H3,(H,16,18)(H,17,19). The van der Waals surface area contributed by atoms with Crippen LogP contribution in [0.5, 0.6) is 0 Å². The molecule has 0 bridgehead atoms. The molecule has 0 fully saturated rings. The Balaban J connectivity index is 1.91. The lowest BCUT2D eigenvalue weighted by atomic mass is 10.0. The van der Waals surface area contributed by atoms with E-state index < -0.39 is 0 Å². The zero-order valence-electron chi connectivity index (χ0n) is 11.3. The number of hydrogen-bond acceptors (Lipinski definition) is 2. The first-order valence-corrected chi connectivity index (χ1v) is 6.87. The first-order chi connectivity index (χ1) is 9.19. The summed E-state index contributed by atoms with van der Waals surface area (Å²) in [6.07, 6.45) is 3.88. The van der Waals surface area contributed by atoms with Crippen LogP contribution in [-0.2, 0) is 22.6 Å². The van der Waals surface area contributed by atoms with Crippen molar-refractivity contribution in [2.45, 2.75) is 45.6 Å². The smallest absolute Gasteiger partial charge is 0.224 e. The van der Waals surface area contributed by atoms with E-state index in [1.165, 1.54) is 0 Å². The van der Waals surface area contributed by atoms with Gasteiger partial charge in [-0.15, -0.1) is 0 Å². The molecule has 4 heteroatoms. The van der Waals surface area contributed by atoms with Crippen LogP contribution in [0, 0.1) is 0 Å². The van der Waals surface area contributed by atoms with E-state index in [0.717, 1.165) is 36.1 Å². The maximum absolute atomic E-state index is 11.5. The predicted molar refractivity (Wildman–Crippen MR) is 74.8 cm³/mol. The van der Waals surface area contributed by atoms with E-state index in [1.54, 1.807) is 0 Å². The third kappa shape index (κ3) is 3.81. The number of aryl methyl sites for hydroxylation is 1. The minimum atomic E-state index is 0.0770. The number of anilines is 1. The SMILES string of the molecule is CCCCC(=O)NCc1ccc2c(c1)CCC(=O)N2. The van der Waals surface area contributed by atoms with Crippen LogP contribution >= 0.6 is 0 Å². The number of carbonyl (C=O) groups is 2. The number of nitrogens with one attached hydrogen (secondary N) is 2. The molecule has 4 nitrogen and oxygen atoms in total. The fraction of sp³-hybridized carbons (Fsp3) is 0.467. The highest BCUT2D eigenvalue weighted by atomic mass is 16.2. The van der Waals surface area contributed by atoms with Crippen molar-refractivity contribution in [2.75, 3.05) is 5.32 Å². The zero-order chi connectivity index (χ0) is 13.7. The second-order valence-corrected chi connectivity index (χ2v) is 4.92. The molecule has 2 amide bonds. The molecule has 2 rings (SSSR count). The number of carbonyl (C=O) groups excluding carboxylic acids is 2. The van der Waals surface area contributed by atoms with Crippen LogP contribution in [0.2, 0.25) is 0 Å². The van der Waals surface area contributed by atoms with Crippen molar-refractivity contribution in [2.24, 2.45) is 0 Å². The van der Waals surface area contributed by atoms with Crippen molar-refractivity contribution >= 4 is 17.5 Å². The number of benzene rings is 1. The van der Waals surface area contributed by atoms with Crippen molar-refractivity contribution in [1.82, 2.24) is 5.32 Å². The molecule has 2 N–H and O–H groups in total. The molecular formula is C15H20N2O2. The predicted octanol–water partition coefficient (Wildman–Crippen LogP) is 2.38. The molecule has 1 aromatic rings. The van der Waals surface area contributed by atoms with Gasteiger partial charge in [0.05, 0.1) is 0 Å². The largest absolute Gasteiger partial charge is 0.352 e. The molecule has 0 radical (unpaired) electrons. The summed E-state index contributed by atoms with van der Waals surface area (Å²) in [6.45, 7) is 2.63. The van der Waals surface area contributed by atoms with Gasteiger partial charge in [0.1, 0.15) is 0 Å². The number of fused-ring (bicyclic) bond motifs is 1. The van der Waals surface area contributed by atoms with Gasteiger partial charge in [0.25, 0.3) is 0 Å². The lowest BCUT2D eigenvalue weighted by molar-refractivity contribution is -0.121. The summed E-state index contributed by atoms with van der Waals surface area (Å²) in [4.78, 5) is 22.8. The Morgan fingerprint density at radius 3 is 3.00 bits per heavy atom. The van der Waals surface area contributed by atoms with Crippen LogP contribution in [0.25, 0.3) is 0 Å². The summed E-state index contributed by atoms with van der Waals surface area (Å²) < 4.78 is 0. The Hall–Kier alpha value is -1.84. The quantitative estimate of drug-likeness (QED) is 0.854. The van der Waals surface area contributed by atoms with E-state index in [9.17, 15) is 9.59 Å².